The van der Waals surface area contributed by atoms with E-state index < -0.39 is 29.2 Å². The maximum Gasteiger partial charge on any atom is 0.352 e. The number of benzene rings is 1. The molecular formula is C17H16N8O5S2. The molecule has 2 atom stereocenters. The number of amides is 2. The third-order valence-electron chi connectivity index (χ3n) is 4.74. The molecule has 2 amide bonds. The van der Waals surface area contributed by atoms with Crippen molar-refractivity contribution in [1.29, 1.82) is 0 Å². The molecule has 1 fully saturated rings. The van der Waals surface area contributed by atoms with Gasteiger partial charge in [0.15, 0.2) is 5.71 Å². The van der Waals surface area contributed by atoms with Crippen molar-refractivity contribution in [3.63, 3.8) is 0 Å². The Labute approximate surface area is 188 Å². The highest BCUT2D eigenvalue weighted by Crippen LogP contribution is 2.41. The van der Waals surface area contributed by atoms with Crippen LogP contribution in [0.15, 0.2) is 51.9 Å². The molecule has 0 radical (unpaired) electrons. The average Bonchev–Trinajstić information content (AvgIpc) is 3.21. The van der Waals surface area contributed by atoms with Crippen molar-refractivity contribution in [2.24, 2.45) is 5.16 Å². The molecule has 1 saturated heterocycles. The van der Waals surface area contributed by atoms with Crippen molar-refractivity contribution >= 4 is 47.0 Å². The lowest BCUT2D eigenvalue weighted by Gasteiger charge is -2.49. The number of nitrogen functional groups attached to an aromatic ring is 1. The normalized spacial score (nSPS) is 20.6. The van der Waals surface area contributed by atoms with E-state index in [2.05, 4.69) is 26.0 Å². The predicted octanol–water partition coefficient (Wildman–Crippen LogP) is -0.904. The number of carbonyl (C=O) groups is 3. The van der Waals surface area contributed by atoms with Gasteiger partial charge in [-0.25, -0.2) is 4.79 Å². The number of thioether (sulfide) groups is 2. The zero-order valence-electron chi connectivity index (χ0n) is 16.2. The van der Waals surface area contributed by atoms with Crippen LogP contribution in [0.4, 0.5) is 0 Å². The number of carbonyl (C=O) groups excluding carboxylic acids is 2. The molecule has 15 heteroatoms. The second-order valence-corrected chi connectivity index (χ2v) is 8.68. The number of aliphatic carboxylic acids is 1. The van der Waals surface area contributed by atoms with Crippen molar-refractivity contribution in [2.75, 3.05) is 17.3 Å². The van der Waals surface area contributed by atoms with E-state index in [1.165, 1.54) is 11.8 Å². The van der Waals surface area contributed by atoms with Crippen LogP contribution < -0.4 is 11.2 Å². The molecule has 32 heavy (non-hydrogen) atoms. The van der Waals surface area contributed by atoms with Crippen molar-refractivity contribution in [2.45, 2.75) is 16.6 Å². The fourth-order valence-corrected chi connectivity index (χ4v) is 5.55. The number of nitrogens with zero attached hydrogens (tertiary/aromatic N) is 6. The minimum Gasteiger partial charge on any atom is -0.477 e. The lowest BCUT2D eigenvalue weighted by atomic mass is 10.0. The monoisotopic (exact) mass is 476 g/mol. The first-order chi connectivity index (χ1) is 15.4. The van der Waals surface area contributed by atoms with Crippen molar-refractivity contribution in [3.05, 3.63) is 47.2 Å². The average molecular weight is 477 g/mol. The number of oxime groups is 1. The van der Waals surface area contributed by atoms with Crippen LogP contribution in [0.5, 0.6) is 0 Å². The van der Waals surface area contributed by atoms with Gasteiger partial charge in [0.25, 0.3) is 11.8 Å². The number of fused-ring (bicyclic) bond motifs is 1. The van der Waals surface area contributed by atoms with Crippen LogP contribution in [-0.2, 0) is 14.4 Å². The van der Waals surface area contributed by atoms with Gasteiger partial charge in [0.05, 0.1) is 0 Å². The second-order valence-electron chi connectivity index (χ2n) is 6.63. The van der Waals surface area contributed by atoms with Gasteiger partial charge in [-0.2, -0.15) is 0 Å². The summed E-state index contributed by atoms with van der Waals surface area (Å²) >= 11 is 2.46. The third-order valence-corrected chi connectivity index (χ3v) is 7.10. The van der Waals surface area contributed by atoms with Crippen LogP contribution in [0.25, 0.3) is 0 Å². The third kappa shape index (κ3) is 3.87. The summed E-state index contributed by atoms with van der Waals surface area (Å²) in [5, 5.41) is 34.9. The fourth-order valence-electron chi connectivity index (χ4n) is 3.27. The highest BCUT2D eigenvalue weighted by Gasteiger charge is 2.54. The quantitative estimate of drug-likeness (QED) is 0.0967. The summed E-state index contributed by atoms with van der Waals surface area (Å²) in [6, 6.07) is 7.32. The molecule has 0 saturated carbocycles. The Bertz CT molecular complexity index is 1130. The number of aromatic nitrogens is 4. The van der Waals surface area contributed by atoms with E-state index in [1.54, 1.807) is 30.3 Å². The number of tetrazole rings is 1. The van der Waals surface area contributed by atoms with Gasteiger partial charge in [-0.1, -0.05) is 52.3 Å². The van der Waals surface area contributed by atoms with Gasteiger partial charge in [-0.3, -0.25) is 14.5 Å². The molecule has 2 aliphatic heterocycles. The second kappa shape index (κ2) is 8.88. The highest BCUT2D eigenvalue weighted by atomic mass is 32.2. The Hall–Kier alpha value is -3.59. The lowest BCUT2D eigenvalue weighted by Crippen LogP contribution is -2.71. The van der Waals surface area contributed by atoms with Gasteiger partial charge in [0.2, 0.25) is 5.16 Å². The first kappa shape index (κ1) is 21.6. The minimum atomic E-state index is -1.25. The maximum atomic E-state index is 12.8. The molecule has 5 N–H and O–H groups in total. The number of nitrogens with two attached hydrogens (primary N) is 1. The Morgan fingerprint density at radius 2 is 2.09 bits per heavy atom. The van der Waals surface area contributed by atoms with Crippen LogP contribution in [0.2, 0.25) is 0 Å². The van der Waals surface area contributed by atoms with Crippen molar-refractivity contribution in [1.82, 2.24) is 30.5 Å². The van der Waals surface area contributed by atoms with E-state index in [0.29, 0.717) is 22.0 Å². The van der Waals surface area contributed by atoms with Gasteiger partial charge >= 0.3 is 5.97 Å². The summed E-state index contributed by atoms with van der Waals surface area (Å²) in [6.07, 6.45) is 0. The van der Waals surface area contributed by atoms with Gasteiger partial charge < -0.3 is 21.5 Å². The maximum absolute atomic E-state index is 12.8. The SMILES string of the molecule is Nn1nnnc1SCC1=C(C(=O)O)N2C(=O)[C@@H](NC(=O)/C(=N/O)c3ccccc3)[C@H]2SC1. The molecule has 1 aromatic carbocycles. The summed E-state index contributed by atoms with van der Waals surface area (Å²) in [4.78, 5) is 39.4. The number of β-lactam (4-membered cyclic amide) rings is 1. The zero-order valence-corrected chi connectivity index (χ0v) is 17.8. The van der Waals surface area contributed by atoms with E-state index in [4.69, 9.17) is 5.84 Å². The number of carboxylic acid groups (broad SMARTS) is 1. The lowest BCUT2D eigenvalue weighted by molar-refractivity contribution is -0.150. The number of hydrogen-bond acceptors (Lipinski definition) is 11. The van der Waals surface area contributed by atoms with Gasteiger partial charge in [0.1, 0.15) is 17.1 Å². The number of rotatable bonds is 7. The van der Waals surface area contributed by atoms with E-state index >= 15 is 0 Å². The standard InChI is InChI=1S/C17H16N8O5S2/c18-25-17(20-22-23-25)32-7-9-6-31-15-11(14(27)24(15)12(9)16(28)29)19-13(26)10(21-30)8-4-2-1-3-5-8/h1-5,11,15,30H,6-7,18H2,(H,19,26)(H,28,29)/b21-10+/t11-,15-/m1/s1. The summed E-state index contributed by atoms with van der Waals surface area (Å²) in [7, 11) is 0. The number of nitrogens with one attached hydrogen (secondary N) is 1. The number of hydrogen-bond donors (Lipinski definition) is 4. The first-order valence-electron chi connectivity index (χ1n) is 9.07. The Morgan fingerprint density at radius 1 is 1.34 bits per heavy atom. The molecule has 4 rings (SSSR count). The van der Waals surface area contributed by atoms with Crippen LogP contribution >= 0.6 is 23.5 Å². The van der Waals surface area contributed by atoms with E-state index in [1.807, 2.05) is 0 Å². The molecule has 166 valence electrons. The predicted molar refractivity (Wildman–Crippen MR) is 113 cm³/mol. The molecule has 0 spiro atoms. The topological polar surface area (TPSA) is 189 Å². The Balaban J connectivity index is 1.49. The Morgan fingerprint density at radius 3 is 2.72 bits per heavy atom. The molecule has 3 heterocycles. The summed E-state index contributed by atoms with van der Waals surface area (Å²) in [5.41, 5.74) is 0.502. The van der Waals surface area contributed by atoms with Gasteiger partial charge in [-0.15, -0.1) is 16.6 Å². The van der Waals surface area contributed by atoms with Crippen LogP contribution in [0, 0.1) is 0 Å². The smallest absolute Gasteiger partial charge is 0.352 e. The van der Waals surface area contributed by atoms with E-state index in [-0.39, 0.29) is 17.2 Å². The van der Waals surface area contributed by atoms with E-state index in [0.717, 1.165) is 21.5 Å². The summed E-state index contributed by atoms with van der Waals surface area (Å²) < 4.78 is 0. The number of carboxylic acids is 1. The van der Waals surface area contributed by atoms with Crippen molar-refractivity contribution in [3.8, 4) is 0 Å². The minimum absolute atomic E-state index is 0.132. The molecule has 2 aliphatic rings. The van der Waals surface area contributed by atoms with Crippen LogP contribution in [0.1, 0.15) is 5.56 Å². The molecule has 0 bridgehead atoms. The van der Waals surface area contributed by atoms with Gasteiger partial charge in [0, 0.05) is 17.1 Å². The molecule has 1 aromatic heterocycles. The molecular weight excluding hydrogens is 460 g/mol. The Kier molecular flexibility index (Phi) is 6.00. The molecule has 13 nitrogen and oxygen atoms in total. The van der Waals surface area contributed by atoms with Crippen LogP contribution in [0.3, 0.4) is 0 Å². The fraction of sp³-hybridized carbons (Fsp3) is 0.235. The molecule has 0 aliphatic carbocycles. The molecule has 0 unspecified atom stereocenters. The van der Waals surface area contributed by atoms with Crippen LogP contribution in [-0.4, -0.2) is 81.9 Å². The largest absolute Gasteiger partial charge is 0.477 e. The van der Waals surface area contributed by atoms with Gasteiger partial charge in [-0.05, 0) is 16.0 Å². The first-order valence-corrected chi connectivity index (χ1v) is 11.1. The summed E-state index contributed by atoms with van der Waals surface area (Å²) in [6.45, 7) is 0. The van der Waals surface area contributed by atoms with Crippen molar-refractivity contribution < 1.29 is 24.7 Å². The highest BCUT2D eigenvalue weighted by molar-refractivity contribution is 8.01. The summed E-state index contributed by atoms with van der Waals surface area (Å²) in [5.74, 6) is 3.55. The molecule has 2 aromatic rings. The van der Waals surface area contributed by atoms with E-state index in [9.17, 15) is 24.7 Å². The zero-order chi connectivity index (χ0) is 22.8.